The molecular formula is C15H19N5O2. The van der Waals surface area contributed by atoms with Gasteiger partial charge in [-0.15, -0.1) is 0 Å². The standard InChI is InChI=1S/C15H19N5O2/c1-10-11(6-16)5-12(17-10)7-19-3-4-20-13(8-19)15(22)18(2)9-14(20)21/h5,13,17H,3-4,7-9H2,1-2H3. The summed E-state index contributed by atoms with van der Waals surface area (Å²) < 4.78 is 0. The number of hydrogen-bond donors (Lipinski definition) is 1. The van der Waals surface area contributed by atoms with Crippen molar-refractivity contribution < 1.29 is 9.59 Å². The molecule has 116 valence electrons. The molecule has 2 aliphatic heterocycles. The Hall–Kier alpha value is -2.33. The van der Waals surface area contributed by atoms with Crippen molar-refractivity contribution in [1.82, 2.24) is 19.7 Å². The van der Waals surface area contributed by atoms with Crippen LogP contribution in [0.25, 0.3) is 0 Å². The summed E-state index contributed by atoms with van der Waals surface area (Å²) in [6, 6.07) is 3.62. The topological polar surface area (TPSA) is 83.4 Å². The maximum absolute atomic E-state index is 12.3. The van der Waals surface area contributed by atoms with E-state index in [1.807, 2.05) is 13.0 Å². The van der Waals surface area contributed by atoms with Crippen LogP contribution in [0, 0.1) is 18.3 Å². The summed E-state index contributed by atoms with van der Waals surface area (Å²) in [5.74, 6) is 0.0268. The van der Waals surface area contributed by atoms with Gasteiger partial charge in [-0.25, -0.2) is 0 Å². The molecule has 1 atom stereocenters. The van der Waals surface area contributed by atoms with Gasteiger partial charge in [0.05, 0.1) is 12.1 Å². The van der Waals surface area contributed by atoms with E-state index < -0.39 is 0 Å². The second-order valence-electron chi connectivity index (χ2n) is 5.98. The lowest BCUT2D eigenvalue weighted by atomic mass is 10.1. The SMILES string of the molecule is Cc1[nH]c(CN2CCN3C(=O)CN(C)C(=O)C3C2)cc1C#N. The third-order valence-electron chi connectivity index (χ3n) is 4.40. The Kier molecular flexibility index (Phi) is 3.62. The smallest absolute Gasteiger partial charge is 0.246 e. The van der Waals surface area contributed by atoms with Gasteiger partial charge >= 0.3 is 0 Å². The molecule has 0 radical (unpaired) electrons. The largest absolute Gasteiger partial charge is 0.360 e. The molecule has 1 unspecified atom stereocenters. The van der Waals surface area contributed by atoms with E-state index in [1.165, 1.54) is 4.90 Å². The number of nitrogens with zero attached hydrogens (tertiary/aromatic N) is 4. The molecule has 1 aromatic heterocycles. The second-order valence-corrected chi connectivity index (χ2v) is 5.98. The predicted octanol–water partition coefficient (Wildman–Crippen LogP) is -0.320. The highest BCUT2D eigenvalue weighted by molar-refractivity contribution is 5.95. The van der Waals surface area contributed by atoms with Gasteiger partial charge in [0, 0.05) is 44.6 Å². The van der Waals surface area contributed by atoms with Crippen molar-refractivity contribution in [3.05, 3.63) is 23.0 Å². The Labute approximate surface area is 129 Å². The molecule has 1 N–H and O–H groups in total. The van der Waals surface area contributed by atoms with Gasteiger partial charge in [-0.3, -0.25) is 14.5 Å². The average Bonchev–Trinajstić information content (AvgIpc) is 2.84. The van der Waals surface area contributed by atoms with E-state index in [0.717, 1.165) is 17.9 Å². The molecule has 0 aliphatic carbocycles. The highest BCUT2D eigenvalue weighted by Crippen LogP contribution is 2.19. The fourth-order valence-corrected chi connectivity index (χ4v) is 3.19. The first kappa shape index (κ1) is 14.6. The summed E-state index contributed by atoms with van der Waals surface area (Å²) >= 11 is 0. The number of rotatable bonds is 2. The van der Waals surface area contributed by atoms with Crippen LogP contribution in [0.5, 0.6) is 0 Å². The van der Waals surface area contributed by atoms with E-state index in [9.17, 15) is 9.59 Å². The maximum Gasteiger partial charge on any atom is 0.246 e. The highest BCUT2D eigenvalue weighted by atomic mass is 16.2. The normalized spacial score (nSPS) is 22.7. The molecule has 3 rings (SSSR count). The number of fused-ring (bicyclic) bond motifs is 1. The van der Waals surface area contributed by atoms with Crippen LogP contribution in [0.1, 0.15) is 17.0 Å². The molecule has 7 heteroatoms. The zero-order valence-electron chi connectivity index (χ0n) is 12.8. The third-order valence-corrected chi connectivity index (χ3v) is 4.40. The van der Waals surface area contributed by atoms with E-state index in [-0.39, 0.29) is 24.4 Å². The van der Waals surface area contributed by atoms with Crippen LogP contribution in [0.15, 0.2) is 6.07 Å². The number of likely N-dealkylation sites (N-methyl/N-ethyl adjacent to an activating group) is 1. The Morgan fingerprint density at radius 1 is 1.41 bits per heavy atom. The Bertz CT molecular complexity index is 659. The summed E-state index contributed by atoms with van der Waals surface area (Å²) in [6.07, 6.45) is 0. The number of aromatic amines is 1. The molecule has 7 nitrogen and oxygen atoms in total. The number of carbonyl (C=O) groups is 2. The van der Waals surface area contributed by atoms with Crippen LogP contribution >= 0.6 is 0 Å². The first-order valence-electron chi connectivity index (χ1n) is 7.35. The third kappa shape index (κ3) is 2.46. The molecule has 0 spiro atoms. The number of aryl methyl sites for hydroxylation is 1. The monoisotopic (exact) mass is 301 g/mol. The van der Waals surface area contributed by atoms with Crippen LogP contribution in [0.2, 0.25) is 0 Å². The van der Waals surface area contributed by atoms with E-state index >= 15 is 0 Å². The lowest BCUT2D eigenvalue weighted by Gasteiger charge is -2.45. The minimum atomic E-state index is -0.383. The number of aromatic nitrogens is 1. The molecule has 3 heterocycles. The number of nitrogens with one attached hydrogen (secondary N) is 1. The molecule has 0 bridgehead atoms. The van der Waals surface area contributed by atoms with E-state index in [0.29, 0.717) is 25.2 Å². The summed E-state index contributed by atoms with van der Waals surface area (Å²) in [5.41, 5.74) is 2.47. The minimum absolute atomic E-state index is 0.00433. The molecule has 0 aromatic carbocycles. The van der Waals surface area contributed by atoms with Gasteiger partial charge < -0.3 is 14.8 Å². The zero-order valence-corrected chi connectivity index (χ0v) is 12.8. The average molecular weight is 301 g/mol. The van der Waals surface area contributed by atoms with Crippen molar-refractivity contribution in [2.45, 2.75) is 19.5 Å². The van der Waals surface area contributed by atoms with Crippen molar-refractivity contribution in [2.24, 2.45) is 0 Å². The van der Waals surface area contributed by atoms with Gasteiger partial charge in [0.15, 0.2) is 0 Å². The predicted molar refractivity (Wildman–Crippen MR) is 78.7 cm³/mol. The van der Waals surface area contributed by atoms with Crippen LogP contribution in [-0.4, -0.2) is 70.8 Å². The summed E-state index contributed by atoms with van der Waals surface area (Å²) in [6.45, 7) is 4.55. The highest BCUT2D eigenvalue weighted by Gasteiger charge is 2.41. The summed E-state index contributed by atoms with van der Waals surface area (Å²) in [5, 5.41) is 9.01. The lowest BCUT2D eigenvalue weighted by molar-refractivity contribution is -0.158. The van der Waals surface area contributed by atoms with Crippen LogP contribution in [0.3, 0.4) is 0 Å². The summed E-state index contributed by atoms with van der Waals surface area (Å²) in [7, 11) is 1.67. The quantitative estimate of drug-likeness (QED) is 0.811. The van der Waals surface area contributed by atoms with Crippen LogP contribution in [0.4, 0.5) is 0 Å². The van der Waals surface area contributed by atoms with Gasteiger partial charge in [-0.1, -0.05) is 0 Å². The molecule has 2 saturated heterocycles. The number of piperazine rings is 2. The first-order valence-corrected chi connectivity index (χ1v) is 7.35. The zero-order chi connectivity index (χ0) is 15.9. The van der Waals surface area contributed by atoms with Crippen molar-refractivity contribution in [3.8, 4) is 6.07 Å². The Balaban J connectivity index is 1.71. The minimum Gasteiger partial charge on any atom is -0.360 e. The Morgan fingerprint density at radius 2 is 2.18 bits per heavy atom. The molecule has 1 aromatic rings. The fourth-order valence-electron chi connectivity index (χ4n) is 3.19. The fraction of sp³-hybridized carbons (Fsp3) is 0.533. The molecular weight excluding hydrogens is 282 g/mol. The molecule has 2 fully saturated rings. The van der Waals surface area contributed by atoms with Crippen molar-refractivity contribution in [1.29, 1.82) is 5.26 Å². The molecule has 22 heavy (non-hydrogen) atoms. The molecule has 2 aliphatic rings. The van der Waals surface area contributed by atoms with Gasteiger partial charge in [-0.2, -0.15) is 5.26 Å². The van der Waals surface area contributed by atoms with Crippen LogP contribution < -0.4 is 0 Å². The van der Waals surface area contributed by atoms with Crippen molar-refractivity contribution >= 4 is 11.8 Å². The van der Waals surface area contributed by atoms with Gasteiger partial charge in [0.25, 0.3) is 0 Å². The lowest BCUT2D eigenvalue weighted by Crippen LogP contribution is -2.65. The number of carbonyl (C=O) groups excluding carboxylic acids is 2. The summed E-state index contributed by atoms with van der Waals surface area (Å²) in [4.78, 5) is 32.8. The molecule has 0 saturated carbocycles. The van der Waals surface area contributed by atoms with Gasteiger partial charge in [0.2, 0.25) is 11.8 Å². The molecule has 2 amide bonds. The maximum atomic E-state index is 12.3. The number of amides is 2. The van der Waals surface area contributed by atoms with Crippen molar-refractivity contribution in [3.63, 3.8) is 0 Å². The Morgan fingerprint density at radius 3 is 2.86 bits per heavy atom. The second kappa shape index (κ2) is 5.46. The van der Waals surface area contributed by atoms with Gasteiger partial charge in [0.1, 0.15) is 12.1 Å². The van der Waals surface area contributed by atoms with E-state index in [4.69, 9.17) is 5.26 Å². The van der Waals surface area contributed by atoms with Crippen LogP contribution in [-0.2, 0) is 16.1 Å². The first-order chi connectivity index (χ1) is 10.5. The number of hydrogen-bond acceptors (Lipinski definition) is 4. The van der Waals surface area contributed by atoms with Crippen molar-refractivity contribution in [2.75, 3.05) is 33.2 Å². The number of nitriles is 1. The van der Waals surface area contributed by atoms with Gasteiger partial charge in [-0.05, 0) is 13.0 Å². The van der Waals surface area contributed by atoms with E-state index in [1.54, 1.807) is 11.9 Å². The number of H-pyrrole nitrogens is 1. The van der Waals surface area contributed by atoms with E-state index in [2.05, 4.69) is 16.0 Å².